The van der Waals surface area contributed by atoms with Crippen molar-refractivity contribution in [3.05, 3.63) is 60.8 Å². The van der Waals surface area contributed by atoms with Gasteiger partial charge in [0.05, 0.1) is 11.1 Å². The molecule has 0 aliphatic rings. The number of hydrazone groups is 1. The third-order valence-corrected chi connectivity index (χ3v) is 3.78. The Balaban J connectivity index is 1.97. The van der Waals surface area contributed by atoms with E-state index in [1.54, 1.807) is 16.7 Å². The number of anilines is 1. The normalized spacial score (nSPS) is 11.3. The molecule has 134 valence electrons. The zero-order chi connectivity index (χ0) is 18.8. The number of non-ortho nitro benzene ring substituents is 1. The molecule has 3 aromatic rings. The van der Waals surface area contributed by atoms with Gasteiger partial charge in [0.1, 0.15) is 0 Å². The number of hydrogen-bond acceptors (Lipinski definition) is 7. The Labute approximate surface area is 145 Å². The van der Waals surface area contributed by atoms with Crippen LogP contribution in [-0.4, -0.2) is 30.2 Å². The predicted octanol–water partition coefficient (Wildman–Crippen LogP) is 0.797. The van der Waals surface area contributed by atoms with Gasteiger partial charge in [-0.3, -0.25) is 24.5 Å². The minimum Gasteiger partial charge on any atom is -0.303 e. The average molecular weight is 357 g/mol. The number of imidazole rings is 1. The molecule has 0 aliphatic heterocycles. The Bertz CT molecular complexity index is 1140. The van der Waals surface area contributed by atoms with Crippen LogP contribution in [-0.2, 0) is 13.6 Å². The molecule has 2 N–H and O–H groups in total. The molecular formula is C15H15N7O4. The van der Waals surface area contributed by atoms with Crippen LogP contribution in [0.2, 0.25) is 0 Å². The highest BCUT2D eigenvalue weighted by Gasteiger charge is 2.15. The lowest BCUT2D eigenvalue weighted by molar-refractivity contribution is -0.384. The summed E-state index contributed by atoms with van der Waals surface area (Å²) in [7, 11) is 1.50. The maximum atomic E-state index is 12.1. The van der Waals surface area contributed by atoms with Crippen LogP contribution in [0.3, 0.4) is 0 Å². The van der Waals surface area contributed by atoms with Crippen molar-refractivity contribution in [2.24, 2.45) is 12.1 Å². The number of H-pyrrole nitrogens is 1. The van der Waals surface area contributed by atoms with Gasteiger partial charge < -0.3 is 4.57 Å². The number of nitrogens with one attached hydrogen (secondary N) is 2. The fourth-order valence-electron chi connectivity index (χ4n) is 2.51. The Morgan fingerprint density at radius 3 is 2.88 bits per heavy atom. The van der Waals surface area contributed by atoms with Gasteiger partial charge in [0.2, 0.25) is 5.95 Å². The number of benzene rings is 1. The first-order valence-electron chi connectivity index (χ1n) is 7.65. The molecule has 0 saturated heterocycles. The highest BCUT2D eigenvalue weighted by atomic mass is 16.6. The minimum absolute atomic E-state index is 0.0451. The third kappa shape index (κ3) is 2.97. The number of hydrogen-bond donors (Lipinski definition) is 2. The van der Waals surface area contributed by atoms with E-state index in [2.05, 4.69) is 20.5 Å². The largest absolute Gasteiger partial charge is 0.329 e. The summed E-state index contributed by atoms with van der Waals surface area (Å²) >= 11 is 0. The molecule has 3 rings (SSSR count). The van der Waals surface area contributed by atoms with Crippen molar-refractivity contribution in [2.45, 2.75) is 13.5 Å². The third-order valence-electron chi connectivity index (χ3n) is 3.78. The van der Waals surface area contributed by atoms with Crippen molar-refractivity contribution in [1.82, 2.24) is 19.1 Å². The average Bonchev–Trinajstić information content (AvgIpc) is 2.99. The van der Waals surface area contributed by atoms with Crippen LogP contribution in [0.4, 0.5) is 11.6 Å². The van der Waals surface area contributed by atoms with Crippen LogP contribution in [0.1, 0.15) is 12.5 Å². The van der Waals surface area contributed by atoms with Crippen molar-refractivity contribution in [1.29, 1.82) is 0 Å². The molecule has 0 aliphatic carbocycles. The van der Waals surface area contributed by atoms with Crippen LogP contribution in [0.5, 0.6) is 0 Å². The van der Waals surface area contributed by atoms with E-state index in [0.717, 1.165) is 0 Å². The fraction of sp³-hybridized carbons (Fsp3) is 0.200. The summed E-state index contributed by atoms with van der Waals surface area (Å²) in [5.41, 5.74) is 2.58. The Kier molecular flexibility index (Phi) is 4.35. The summed E-state index contributed by atoms with van der Waals surface area (Å²) in [4.78, 5) is 40.6. The molecule has 11 heteroatoms. The van der Waals surface area contributed by atoms with Crippen molar-refractivity contribution in [2.75, 3.05) is 5.43 Å². The molecule has 0 spiro atoms. The zero-order valence-corrected chi connectivity index (χ0v) is 14.0. The number of nitrogens with zero attached hydrogens (tertiary/aromatic N) is 5. The molecule has 0 amide bonds. The molecule has 2 heterocycles. The molecule has 26 heavy (non-hydrogen) atoms. The molecule has 0 bridgehead atoms. The lowest BCUT2D eigenvalue weighted by atomic mass is 10.2. The van der Waals surface area contributed by atoms with E-state index in [1.165, 1.54) is 30.0 Å². The van der Waals surface area contributed by atoms with Crippen molar-refractivity contribution in [3.8, 4) is 0 Å². The number of nitro groups is 1. The SMILES string of the molecule is CCn1c(N/N=C\c2cccc([N+](=O)[O-])c2)nc2c1c(=O)[nH]c(=O)n2C. The Morgan fingerprint density at radius 2 is 2.19 bits per heavy atom. The first kappa shape index (κ1) is 17.1. The summed E-state index contributed by atoms with van der Waals surface area (Å²) in [6.07, 6.45) is 1.40. The van der Waals surface area contributed by atoms with Crippen LogP contribution in [0.25, 0.3) is 11.2 Å². The molecule has 1 aromatic carbocycles. The number of aromatic amines is 1. The number of aryl methyl sites for hydroxylation is 2. The smallest absolute Gasteiger partial charge is 0.303 e. The number of rotatable bonds is 5. The van der Waals surface area contributed by atoms with Gasteiger partial charge in [-0.2, -0.15) is 10.1 Å². The highest BCUT2D eigenvalue weighted by molar-refractivity contribution is 5.81. The van der Waals surface area contributed by atoms with E-state index >= 15 is 0 Å². The maximum absolute atomic E-state index is 12.1. The highest BCUT2D eigenvalue weighted by Crippen LogP contribution is 2.15. The van der Waals surface area contributed by atoms with E-state index in [4.69, 9.17) is 0 Å². The lowest BCUT2D eigenvalue weighted by Gasteiger charge is -2.03. The number of fused-ring (bicyclic) bond motifs is 1. The fourth-order valence-corrected chi connectivity index (χ4v) is 2.51. The summed E-state index contributed by atoms with van der Waals surface area (Å²) < 4.78 is 2.82. The first-order valence-corrected chi connectivity index (χ1v) is 7.65. The van der Waals surface area contributed by atoms with Crippen LogP contribution in [0.15, 0.2) is 39.0 Å². The van der Waals surface area contributed by atoms with Gasteiger partial charge in [0.25, 0.3) is 11.2 Å². The molecule has 0 saturated carbocycles. The van der Waals surface area contributed by atoms with Gasteiger partial charge in [0, 0.05) is 31.3 Å². The van der Waals surface area contributed by atoms with Crippen molar-refractivity contribution in [3.63, 3.8) is 0 Å². The van der Waals surface area contributed by atoms with Gasteiger partial charge in [-0.15, -0.1) is 0 Å². The number of nitro benzene ring substituents is 1. The van der Waals surface area contributed by atoms with Gasteiger partial charge in [-0.05, 0) is 6.92 Å². The van der Waals surface area contributed by atoms with Crippen LogP contribution < -0.4 is 16.7 Å². The van der Waals surface area contributed by atoms with E-state index in [-0.39, 0.29) is 22.8 Å². The van der Waals surface area contributed by atoms with E-state index in [0.29, 0.717) is 12.1 Å². The minimum atomic E-state index is -0.560. The predicted molar refractivity (Wildman–Crippen MR) is 95.6 cm³/mol. The second-order valence-corrected chi connectivity index (χ2v) is 5.39. The molecule has 2 aromatic heterocycles. The van der Waals surface area contributed by atoms with Gasteiger partial charge in [-0.1, -0.05) is 12.1 Å². The summed E-state index contributed by atoms with van der Waals surface area (Å²) in [6, 6.07) is 5.97. The topological polar surface area (TPSA) is 140 Å². The summed E-state index contributed by atoms with van der Waals surface area (Å²) in [5, 5.41) is 14.8. The number of aromatic nitrogens is 4. The van der Waals surface area contributed by atoms with E-state index in [1.807, 2.05) is 6.92 Å². The molecule has 0 radical (unpaired) electrons. The standard InChI is InChI=1S/C15H15N7O4/c1-3-21-11-12(20(2)15(24)18-13(11)23)17-14(21)19-16-8-9-5-4-6-10(7-9)22(25)26/h4-8H,3H2,1-2H3,(H,17,19)(H,18,23,24)/b16-8-. The molecule has 11 nitrogen and oxygen atoms in total. The van der Waals surface area contributed by atoms with E-state index in [9.17, 15) is 19.7 Å². The maximum Gasteiger partial charge on any atom is 0.329 e. The molecule has 0 unspecified atom stereocenters. The monoisotopic (exact) mass is 357 g/mol. The molecule has 0 atom stereocenters. The summed E-state index contributed by atoms with van der Waals surface area (Å²) in [6.45, 7) is 2.24. The molecular weight excluding hydrogens is 342 g/mol. The van der Waals surface area contributed by atoms with Crippen molar-refractivity contribution >= 4 is 29.0 Å². The lowest BCUT2D eigenvalue weighted by Crippen LogP contribution is -2.29. The van der Waals surface area contributed by atoms with Gasteiger partial charge >= 0.3 is 5.69 Å². The Morgan fingerprint density at radius 1 is 1.42 bits per heavy atom. The van der Waals surface area contributed by atoms with Crippen LogP contribution in [0, 0.1) is 10.1 Å². The van der Waals surface area contributed by atoms with Crippen molar-refractivity contribution < 1.29 is 4.92 Å². The zero-order valence-electron chi connectivity index (χ0n) is 14.0. The second kappa shape index (κ2) is 6.63. The molecule has 0 fully saturated rings. The van der Waals surface area contributed by atoms with Crippen LogP contribution >= 0.6 is 0 Å². The second-order valence-electron chi connectivity index (χ2n) is 5.39. The van der Waals surface area contributed by atoms with E-state index < -0.39 is 16.2 Å². The summed E-state index contributed by atoms with van der Waals surface area (Å²) in [5.74, 6) is 0.274. The quantitative estimate of drug-likeness (QED) is 0.393. The van der Waals surface area contributed by atoms with Gasteiger partial charge in [-0.25, -0.2) is 10.2 Å². The Hall–Kier alpha value is -3.76. The first-order chi connectivity index (χ1) is 12.4. The van der Waals surface area contributed by atoms with Gasteiger partial charge in [0.15, 0.2) is 11.2 Å².